The van der Waals surface area contributed by atoms with Gasteiger partial charge in [0.05, 0.1) is 6.54 Å². The summed E-state index contributed by atoms with van der Waals surface area (Å²) in [6.45, 7) is 5.54. The van der Waals surface area contributed by atoms with Gasteiger partial charge in [-0.2, -0.15) is 13.2 Å². The quantitative estimate of drug-likeness (QED) is 0.739. The molecule has 114 valence electrons. The Hall–Kier alpha value is -1.07. The van der Waals surface area contributed by atoms with Crippen LogP contribution >= 0.6 is 0 Å². The molecule has 5 heteroatoms. The number of benzene rings is 1. The van der Waals surface area contributed by atoms with Gasteiger partial charge in [-0.05, 0) is 37.2 Å². The van der Waals surface area contributed by atoms with Gasteiger partial charge < -0.3 is 5.32 Å². The molecule has 0 aliphatic rings. The van der Waals surface area contributed by atoms with Crippen molar-refractivity contribution in [2.75, 3.05) is 26.2 Å². The highest BCUT2D eigenvalue weighted by Crippen LogP contribution is 2.18. The molecule has 1 rings (SSSR count). The van der Waals surface area contributed by atoms with Crippen molar-refractivity contribution in [2.24, 2.45) is 0 Å². The molecule has 0 saturated heterocycles. The summed E-state index contributed by atoms with van der Waals surface area (Å²) in [4.78, 5) is 1.40. The van der Waals surface area contributed by atoms with E-state index in [0.29, 0.717) is 13.1 Å². The van der Waals surface area contributed by atoms with Crippen molar-refractivity contribution in [1.82, 2.24) is 10.2 Å². The Morgan fingerprint density at radius 3 is 2.15 bits per heavy atom. The predicted octanol–water partition coefficient (Wildman–Crippen LogP) is 3.22. The van der Waals surface area contributed by atoms with Gasteiger partial charge in [0.15, 0.2) is 0 Å². The zero-order chi connectivity index (χ0) is 15.0. The van der Waals surface area contributed by atoms with Gasteiger partial charge in [0.25, 0.3) is 0 Å². The lowest BCUT2D eigenvalue weighted by molar-refractivity contribution is -0.146. The van der Waals surface area contributed by atoms with Crippen molar-refractivity contribution in [2.45, 2.75) is 33.0 Å². The van der Waals surface area contributed by atoms with Crippen molar-refractivity contribution < 1.29 is 13.2 Å². The highest BCUT2D eigenvalue weighted by molar-refractivity contribution is 5.22. The fourth-order valence-electron chi connectivity index (χ4n) is 2.01. The summed E-state index contributed by atoms with van der Waals surface area (Å²) in [5.74, 6) is 0. The Bertz CT molecular complexity index is 374. The third-order valence-electron chi connectivity index (χ3n) is 3.12. The number of nitrogens with one attached hydrogen (secondary N) is 1. The molecule has 1 aromatic carbocycles. The largest absolute Gasteiger partial charge is 0.401 e. The lowest BCUT2D eigenvalue weighted by Crippen LogP contribution is -2.33. The van der Waals surface area contributed by atoms with Crippen molar-refractivity contribution in [1.29, 1.82) is 0 Å². The van der Waals surface area contributed by atoms with Crippen LogP contribution in [0.15, 0.2) is 24.3 Å². The second-order valence-corrected chi connectivity index (χ2v) is 4.84. The van der Waals surface area contributed by atoms with Gasteiger partial charge in [-0.15, -0.1) is 0 Å². The van der Waals surface area contributed by atoms with E-state index in [1.165, 1.54) is 10.5 Å². The number of halogens is 3. The van der Waals surface area contributed by atoms with Gasteiger partial charge in [-0.25, -0.2) is 0 Å². The van der Waals surface area contributed by atoms with Gasteiger partial charge in [0, 0.05) is 6.54 Å². The number of hydrogen-bond acceptors (Lipinski definition) is 2. The van der Waals surface area contributed by atoms with Crippen LogP contribution in [0.5, 0.6) is 0 Å². The fraction of sp³-hybridized carbons (Fsp3) is 0.600. The smallest absolute Gasteiger partial charge is 0.317 e. The molecule has 20 heavy (non-hydrogen) atoms. The van der Waals surface area contributed by atoms with Crippen LogP contribution in [0.1, 0.15) is 25.0 Å². The lowest BCUT2D eigenvalue weighted by atomic mass is 10.1. The summed E-state index contributed by atoms with van der Waals surface area (Å²) >= 11 is 0. The fourth-order valence-corrected chi connectivity index (χ4v) is 2.01. The first kappa shape index (κ1) is 17.0. The standard InChI is InChI=1S/C15H23F3N2/c1-3-19-10-9-13-5-7-14(8-6-13)11-20(4-2)12-15(16,17)18/h5-8,19H,3-4,9-12H2,1-2H3. The lowest BCUT2D eigenvalue weighted by Gasteiger charge is -2.22. The molecule has 0 unspecified atom stereocenters. The molecule has 1 aromatic rings. The van der Waals surface area contributed by atoms with Crippen molar-refractivity contribution in [3.05, 3.63) is 35.4 Å². The maximum absolute atomic E-state index is 12.4. The molecule has 0 radical (unpaired) electrons. The van der Waals surface area contributed by atoms with Crippen LogP contribution < -0.4 is 5.32 Å². The Labute approximate surface area is 119 Å². The maximum Gasteiger partial charge on any atom is 0.401 e. The zero-order valence-electron chi connectivity index (χ0n) is 12.1. The molecule has 0 atom stereocenters. The van der Waals surface area contributed by atoms with E-state index in [-0.39, 0.29) is 0 Å². The molecular formula is C15H23F3N2. The second kappa shape index (κ2) is 8.27. The average molecular weight is 288 g/mol. The Balaban J connectivity index is 2.50. The van der Waals surface area contributed by atoms with E-state index in [1.807, 2.05) is 24.3 Å². The minimum Gasteiger partial charge on any atom is -0.317 e. The molecule has 1 N–H and O–H groups in total. The third-order valence-corrected chi connectivity index (χ3v) is 3.12. The van der Waals surface area contributed by atoms with E-state index in [4.69, 9.17) is 0 Å². The first-order valence-corrected chi connectivity index (χ1v) is 7.02. The monoisotopic (exact) mass is 288 g/mol. The maximum atomic E-state index is 12.4. The molecular weight excluding hydrogens is 265 g/mol. The van der Waals surface area contributed by atoms with Crippen LogP contribution in [0.3, 0.4) is 0 Å². The summed E-state index contributed by atoms with van der Waals surface area (Å²) in [6, 6.07) is 7.82. The van der Waals surface area contributed by atoms with Crippen LogP contribution in [0, 0.1) is 0 Å². The SMILES string of the molecule is CCNCCc1ccc(CN(CC)CC(F)(F)F)cc1. The van der Waals surface area contributed by atoms with Crippen LogP contribution in [-0.2, 0) is 13.0 Å². The second-order valence-electron chi connectivity index (χ2n) is 4.84. The molecule has 0 spiro atoms. The number of rotatable bonds is 8. The number of hydrogen-bond donors (Lipinski definition) is 1. The van der Waals surface area contributed by atoms with Gasteiger partial charge in [-0.1, -0.05) is 38.1 Å². The molecule has 0 aliphatic heterocycles. The highest BCUT2D eigenvalue weighted by Gasteiger charge is 2.29. The topological polar surface area (TPSA) is 15.3 Å². The van der Waals surface area contributed by atoms with Crippen LogP contribution in [0.2, 0.25) is 0 Å². The Kier molecular flexibility index (Phi) is 7.02. The van der Waals surface area contributed by atoms with Crippen molar-refractivity contribution in [3.63, 3.8) is 0 Å². The summed E-state index contributed by atoms with van der Waals surface area (Å²) in [7, 11) is 0. The number of alkyl halides is 3. The van der Waals surface area contributed by atoms with Crippen LogP contribution in [0.25, 0.3) is 0 Å². The number of nitrogens with zero attached hydrogens (tertiary/aromatic N) is 1. The van der Waals surface area contributed by atoms with Crippen molar-refractivity contribution in [3.8, 4) is 0 Å². The first-order valence-electron chi connectivity index (χ1n) is 7.02. The van der Waals surface area contributed by atoms with E-state index in [2.05, 4.69) is 12.2 Å². The summed E-state index contributed by atoms with van der Waals surface area (Å²) in [6.07, 6.45) is -3.20. The van der Waals surface area contributed by atoms with Crippen molar-refractivity contribution >= 4 is 0 Å². The van der Waals surface area contributed by atoms with E-state index >= 15 is 0 Å². The molecule has 0 fully saturated rings. The zero-order valence-corrected chi connectivity index (χ0v) is 12.1. The van der Waals surface area contributed by atoms with E-state index in [1.54, 1.807) is 6.92 Å². The van der Waals surface area contributed by atoms with Gasteiger partial charge >= 0.3 is 6.18 Å². The molecule has 0 aliphatic carbocycles. The highest BCUT2D eigenvalue weighted by atomic mass is 19.4. The summed E-state index contributed by atoms with van der Waals surface area (Å²) in [5.41, 5.74) is 2.12. The van der Waals surface area contributed by atoms with E-state index < -0.39 is 12.7 Å². The third kappa shape index (κ3) is 6.91. The van der Waals surface area contributed by atoms with Gasteiger partial charge in [0.2, 0.25) is 0 Å². The Morgan fingerprint density at radius 1 is 1.05 bits per heavy atom. The minimum atomic E-state index is -4.14. The molecule has 0 bridgehead atoms. The summed E-state index contributed by atoms with van der Waals surface area (Å²) in [5, 5.41) is 3.25. The molecule has 0 aromatic heterocycles. The Morgan fingerprint density at radius 2 is 1.65 bits per heavy atom. The summed E-state index contributed by atoms with van der Waals surface area (Å²) < 4.78 is 37.2. The number of likely N-dealkylation sites (N-methyl/N-ethyl adjacent to an activating group) is 1. The normalized spacial score (nSPS) is 12.1. The van der Waals surface area contributed by atoms with Crippen LogP contribution in [-0.4, -0.2) is 37.3 Å². The van der Waals surface area contributed by atoms with Crippen LogP contribution in [0.4, 0.5) is 13.2 Å². The average Bonchev–Trinajstić information content (AvgIpc) is 2.38. The molecule has 0 saturated carbocycles. The molecule has 0 heterocycles. The van der Waals surface area contributed by atoms with E-state index in [9.17, 15) is 13.2 Å². The van der Waals surface area contributed by atoms with E-state index in [0.717, 1.165) is 25.1 Å². The molecule has 0 amide bonds. The first-order chi connectivity index (χ1) is 9.44. The van der Waals surface area contributed by atoms with Gasteiger partial charge in [0.1, 0.15) is 0 Å². The van der Waals surface area contributed by atoms with Gasteiger partial charge in [-0.3, -0.25) is 4.90 Å². The predicted molar refractivity (Wildman–Crippen MR) is 75.7 cm³/mol. The molecule has 2 nitrogen and oxygen atoms in total. The minimum absolute atomic E-state index is 0.337.